The van der Waals surface area contributed by atoms with Crippen LogP contribution in [0.3, 0.4) is 0 Å². The quantitative estimate of drug-likeness (QED) is 0.577. The molecule has 132 valence electrons. The van der Waals surface area contributed by atoms with Crippen LogP contribution in [-0.2, 0) is 10.0 Å². The number of nitrogens with one attached hydrogen (secondary N) is 1. The summed E-state index contributed by atoms with van der Waals surface area (Å²) in [6, 6.07) is 12.8. The minimum atomic E-state index is -4.07. The van der Waals surface area contributed by atoms with Crippen molar-refractivity contribution in [3.8, 4) is 11.3 Å². The minimum Gasteiger partial charge on any atom is -0.347 e. The van der Waals surface area contributed by atoms with Gasteiger partial charge in [-0.1, -0.05) is 17.7 Å². The van der Waals surface area contributed by atoms with Gasteiger partial charge in [0.05, 0.1) is 10.3 Å². The first-order valence-corrected chi connectivity index (χ1v) is 9.29. The summed E-state index contributed by atoms with van der Waals surface area (Å²) in [6.45, 7) is 1.85. The van der Waals surface area contributed by atoms with E-state index in [4.69, 9.17) is 0 Å². The summed E-state index contributed by atoms with van der Waals surface area (Å²) < 4.78 is 55.7. The van der Waals surface area contributed by atoms with Crippen LogP contribution in [0.15, 0.2) is 65.7 Å². The predicted molar refractivity (Wildman–Crippen MR) is 95.4 cm³/mol. The Balaban J connectivity index is 2.05. The Bertz CT molecular complexity index is 1210. The molecule has 4 aromatic rings. The van der Waals surface area contributed by atoms with E-state index in [0.29, 0.717) is 0 Å². The van der Waals surface area contributed by atoms with Gasteiger partial charge in [0.25, 0.3) is 10.0 Å². The summed E-state index contributed by atoms with van der Waals surface area (Å²) in [5.74, 6) is -1.16. The standard InChI is InChI=1S/C19H14F2N2O2S/c1-12-2-8-15(9-3-12)26(24,25)23-18(13-4-6-14(20)7-5-13)17(21)16-10-11-22-19(16)23/h2-11,22H,1H3. The molecule has 2 aromatic heterocycles. The highest BCUT2D eigenvalue weighted by atomic mass is 32.2. The van der Waals surface area contributed by atoms with E-state index in [1.165, 1.54) is 48.7 Å². The molecule has 0 aliphatic rings. The maximum Gasteiger partial charge on any atom is 0.269 e. The molecule has 0 amide bonds. The molecule has 2 heterocycles. The number of hydrogen-bond acceptors (Lipinski definition) is 2. The largest absolute Gasteiger partial charge is 0.347 e. The highest BCUT2D eigenvalue weighted by Gasteiger charge is 2.29. The van der Waals surface area contributed by atoms with Crippen molar-refractivity contribution in [2.24, 2.45) is 0 Å². The normalized spacial score (nSPS) is 12.0. The molecule has 0 aliphatic carbocycles. The SMILES string of the molecule is Cc1ccc(S(=O)(=O)n2c(-c3ccc(F)cc3)c(F)c3cc[nH]c32)cc1. The highest BCUT2D eigenvalue weighted by Crippen LogP contribution is 2.35. The Morgan fingerprint density at radius 2 is 1.58 bits per heavy atom. The number of aromatic amines is 1. The van der Waals surface area contributed by atoms with Gasteiger partial charge in [-0.3, -0.25) is 0 Å². The summed E-state index contributed by atoms with van der Waals surface area (Å²) in [4.78, 5) is 2.83. The van der Waals surface area contributed by atoms with E-state index in [-0.39, 0.29) is 27.2 Å². The number of nitrogens with zero attached hydrogens (tertiary/aromatic N) is 1. The first-order valence-electron chi connectivity index (χ1n) is 7.85. The molecule has 4 rings (SSSR count). The molecule has 0 unspecified atom stereocenters. The second-order valence-corrected chi connectivity index (χ2v) is 7.78. The lowest BCUT2D eigenvalue weighted by Gasteiger charge is -2.12. The van der Waals surface area contributed by atoms with Crippen molar-refractivity contribution in [1.29, 1.82) is 0 Å². The Morgan fingerprint density at radius 1 is 0.923 bits per heavy atom. The van der Waals surface area contributed by atoms with Crippen molar-refractivity contribution in [3.63, 3.8) is 0 Å². The zero-order valence-corrected chi connectivity index (χ0v) is 14.5. The number of aryl methyl sites for hydroxylation is 1. The van der Waals surface area contributed by atoms with Gasteiger partial charge in [-0.05, 0) is 49.4 Å². The molecular formula is C19H14F2N2O2S. The van der Waals surface area contributed by atoms with Gasteiger partial charge in [0.15, 0.2) is 5.82 Å². The molecule has 0 fully saturated rings. The number of aromatic nitrogens is 2. The van der Waals surface area contributed by atoms with Gasteiger partial charge in [-0.15, -0.1) is 0 Å². The van der Waals surface area contributed by atoms with Crippen LogP contribution >= 0.6 is 0 Å². The Kier molecular flexibility index (Phi) is 3.69. The van der Waals surface area contributed by atoms with Crippen molar-refractivity contribution in [2.75, 3.05) is 0 Å². The fraction of sp³-hybridized carbons (Fsp3) is 0.0526. The Labute approximate surface area is 148 Å². The molecule has 0 atom stereocenters. The molecule has 0 aliphatic heterocycles. The zero-order valence-electron chi connectivity index (χ0n) is 13.7. The summed E-state index contributed by atoms with van der Waals surface area (Å²) >= 11 is 0. The fourth-order valence-electron chi connectivity index (χ4n) is 2.94. The number of benzene rings is 2. The number of hydrogen-bond donors (Lipinski definition) is 1. The molecule has 2 aromatic carbocycles. The van der Waals surface area contributed by atoms with Crippen LogP contribution in [0.4, 0.5) is 8.78 Å². The van der Waals surface area contributed by atoms with Crippen molar-refractivity contribution in [3.05, 3.63) is 78.0 Å². The van der Waals surface area contributed by atoms with Crippen LogP contribution in [0.5, 0.6) is 0 Å². The average molecular weight is 372 g/mol. The van der Waals surface area contributed by atoms with E-state index >= 15 is 4.39 Å². The summed E-state index contributed by atoms with van der Waals surface area (Å²) in [5, 5.41) is 0.153. The van der Waals surface area contributed by atoms with Crippen molar-refractivity contribution in [1.82, 2.24) is 8.96 Å². The van der Waals surface area contributed by atoms with E-state index in [9.17, 15) is 12.8 Å². The predicted octanol–water partition coefficient (Wildman–Crippen LogP) is 4.46. The number of rotatable bonds is 3. The lowest BCUT2D eigenvalue weighted by molar-refractivity contribution is 0.586. The lowest BCUT2D eigenvalue weighted by Crippen LogP contribution is -2.14. The van der Waals surface area contributed by atoms with Gasteiger partial charge < -0.3 is 4.98 Å². The molecule has 0 saturated carbocycles. The third kappa shape index (κ3) is 2.43. The van der Waals surface area contributed by atoms with Crippen LogP contribution in [0.1, 0.15) is 5.56 Å². The Hall–Kier alpha value is -2.93. The van der Waals surface area contributed by atoms with Crippen LogP contribution in [0.25, 0.3) is 22.3 Å². The van der Waals surface area contributed by atoms with Crippen molar-refractivity contribution >= 4 is 21.1 Å². The van der Waals surface area contributed by atoms with Crippen molar-refractivity contribution < 1.29 is 17.2 Å². The first kappa shape index (κ1) is 16.5. The molecule has 1 N–H and O–H groups in total. The monoisotopic (exact) mass is 372 g/mol. The maximum atomic E-state index is 15.0. The molecule has 0 saturated heterocycles. The smallest absolute Gasteiger partial charge is 0.269 e. The van der Waals surface area contributed by atoms with E-state index in [1.54, 1.807) is 12.1 Å². The van der Waals surface area contributed by atoms with Crippen molar-refractivity contribution in [2.45, 2.75) is 11.8 Å². The minimum absolute atomic E-state index is 0.0398. The molecule has 26 heavy (non-hydrogen) atoms. The lowest BCUT2D eigenvalue weighted by atomic mass is 10.1. The van der Waals surface area contributed by atoms with E-state index < -0.39 is 21.7 Å². The second kappa shape index (κ2) is 5.81. The van der Waals surface area contributed by atoms with Gasteiger partial charge in [0.1, 0.15) is 17.2 Å². The third-order valence-corrected chi connectivity index (χ3v) is 5.97. The maximum absolute atomic E-state index is 15.0. The summed E-state index contributed by atoms with van der Waals surface area (Å²) in [7, 11) is -4.07. The van der Waals surface area contributed by atoms with E-state index in [1.807, 2.05) is 6.92 Å². The van der Waals surface area contributed by atoms with E-state index in [2.05, 4.69) is 4.98 Å². The number of fused-ring (bicyclic) bond motifs is 1. The molecule has 7 heteroatoms. The zero-order chi connectivity index (χ0) is 18.5. The van der Waals surface area contributed by atoms with Crippen LogP contribution in [-0.4, -0.2) is 17.4 Å². The van der Waals surface area contributed by atoms with Crippen LogP contribution in [0.2, 0.25) is 0 Å². The molecule has 0 spiro atoms. The summed E-state index contributed by atoms with van der Waals surface area (Å²) in [5.41, 5.74) is 1.17. The van der Waals surface area contributed by atoms with Gasteiger partial charge in [0, 0.05) is 11.8 Å². The topological polar surface area (TPSA) is 54.9 Å². The summed E-state index contributed by atoms with van der Waals surface area (Å²) in [6.07, 6.45) is 1.48. The highest BCUT2D eigenvalue weighted by molar-refractivity contribution is 7.90. The van der Waals surface area contributed by atoms with Gasteiger partial charge in [0.2, 0.25) is 0 Å². The molecule has 4 nitrogen and oxygen atoms in total. The number of halogens is 2. The molecule has 0 radical (unpaired) electrons. The van der Waals surface area contributed by atoms with Crippen LogP contribution < -0.4 is 0 Å². The molecule has 0 bridgehead atoms. The number of H-pyrrole nitrogens is 1. The van der Waals surface area contributed by atoms with Gasteiger partial charge in [-0.25, -0.2) is 21.2 Å². The van der Waals surface area contributed by atoms with Crippen LogP contribution in [0, 0.1) is 18.6 Å². The molecular weight excluding hydrogens is 358 g/mol. The van der Waals surface area contributed by atoms with Gasteiger partial charge >= 0.3 is 0 Å². The third-order valence-electron chi connectivity index (χ3n) is 4.25. The second-order valence-electron chi connectivity index (χ2n) is 5.99. The first-order chi connectivity index (χ1) is 12.4. The average Bonchev–Trinajstić information content (AvgIpc) is 3.18. The van der Waals surface area contributed by atoms with Gasteiger partial charge in [-0.2, -0.15) is 0 Å². The van der Waals surface area contributed by atoms with E-state index in [0.717, 1.165) is 9.54 Å². The fourth-order valence-corrected chi connectivity index (χ4v) is 4.45. The Morgan fingerprint density at radius 3 is 2.23 bits per heavy atom.